The fraction of sp³-hybridized carbons (Fsp3) is 0.227. The lowest BCUT2D eigenvalue weighted by molar-refractivity contribution is 0.887. The Morgan fingerprint density at radius 3 is 1.79 bits per heavy atom. The van der Waals surface area contributed by atoms with E-state index in [2.05, 4.69) is 87.5 Å². The highest BCUT2D eigenvalue weighted by molar-refractivity contribution is 7.79. The lowest BCUT2D eigenvalue weighted by atomic mass is 10.2. The molecule has 0 unspecified atom stereocenters. The van der Waals surface area contributed by atoms with E-state index in [9.17, 15) is 0 Å². The van der Waals surface area contributed by atoms with Gasteiger partial charge in [-0.1, -0.05) is 79.1 Å². The van der Waals surface area contributed by atoms with E-state index >= 15 is 0 Å². The van der Waals surface area contributed by atoms with Crippen molar-refractivity contribution >= 4 is 24.0 Å². The molecule has 0 atom stereocenters. The summed E-state index contributed by atoms with van der Waals surface area (Å²) >= 11 is 0. The number of rotatable bonds is 5. The summed E-state index contributed by atoms with van der Waals surface area (Å²) < 4.78 is 0. The molecule has 3 aromatic rings. The number of hydrogen-bond acceptors (Lipinski definition) is 1. The Bertz CT molecular complexity index is 745. The molecular weight excluding hydrogens is 309 g/mol. The molecule has 0 N–H and O–H groups in total. The largest absolute Gasteiger partial charge is 0.252 e. The van der Waals surface area contributed by atoms with Crippen molar-refractivity contribution in [2.75, 3.05) is 0 Å². The van der Waals surface area contributed by atoms with Gasteiger partial charge in [-0.25, -0.2) is 0 Å². The fourth-order valence-electron chi connectivity index (χ4n) is 2.79. The predicted molar refractivity (Wildman–Crippen MR) is 106 cm³/mol. The van der Waals surface area contributed by atoms with Crippen LogP contribution in [0.5, 0.6) is 0 Å². The lowest BCUT2D eigenvalue weighted by Crippen LogP contribution is -2.23. The zero-order valence-corrected chi connectivity index (χ0v) is 15.6. The Morgan fingerprint density at radius 2 is 1.29 bits per heavy atom. The second-order valence-corrected chi connectivity index (χ2v) is 8.41. The highest BCUT2D eigenvalue weighted by Gasteiger charge is 2.18. The molecule has 2 aromatic carbocycles. The highest BCUT2D eigenvalue weighted by atomic mass is 31.1. The zero-order chi connectivity index (χ0) is 16.9. The molecule has 0 radical (unpaired) electrons. The zero-order valence-electron chi connectivity index (χ0n) is 14.7. The van der Waals surface area contributed by atoms with Crippen molar-refractivity contribution < 1.29 is 0 Å². The van der Waals surface area contributed by atoms with E-state index < -0.39 is 7.92 Å². The molecular formula is C22H24NP. The maximum Gasteiger partial charge on any atom is 0.0724 e. The molecule has 0 amide bonds. The molecule has 1 aromatic heterocycles. The highest BCUT2D eigenvalue weighted by Crippen LogP contribution is 2.32. The van der Waals surface area contributed by atoms with Crippen molar-refractivity contribution in [2.24, 2.45) is 0 Å². The monoisotopic (exact) mass is 333 g/mol. The van der Waals surface area contributed by atoms with Crippen LogP contribution in [-0.2, 0) is 6.42 Å². The second kappa shape index (κ2) is 7.73. The summed E-state index contributed by atoms with van der Waals surface area (Å²) in [5.41, 5.74) is 4.99. The van der Waals surface area contributed by atoms with Crippen molar-refractivity contribution in [3.63, 3.8) is 0 Å². The van der Waals surface area contributed by atoms with Gasteiger partial charge in [0.2, 0.25) is 0 Å². The first-order valence-electron chi connectivity index (χ1n) is 8.57. The number of hydrogen-bond donors (Lipinski definition) is 0. The number of aryl methyl sites for hydroxylation is 3. The molecule has 0 spiro atoms. The molecule has 24 heavy (non-hydrogen) atoms. The molecule has 0 aliphatic rings. The average Bonchev–Trinajstić information content (AvgIpc) is 2.59. The summed E-state index contributed by atoms with van der Waals surface area (Å²) in [4.78, 5) is 4.99. The van der Waals surface area contributed by atoms with Gasteiger partial charge in [-0.05, 0) is 43.0 Å². The quantitative estimate of drug-likeness (QED) is 0.630. The van der Waals surface area contributed by atoms with Gasteiger partial charge in [0.05, 0.1) is 5.44 Å². The van der Waals surface area contributed by atoms with Gasteiger partial charge < -0.3 is 0 Å². The van der Waals surface area contributed by atoms with Crippen molar-refractivity contribution in [1.82, 2.24) is 4.98 Å². The summed E-state index contributed by atoms with van der Waals surface area (Å²) in [6.45, 7) is 6.48. The lowest BCUT2D eigenvalue weighted by Gasteiger charge is -2.19. The average molecular weight is 333 g/mol. The van der Waals surface area contributed by atoms with Crippen LogP contribution in [0.2, 0.25) is 0 Å². The molecule has 0 saturated carbocycles. The summed E-state index contributed by atoms with van der Waals surface area (Å²) in [6, 6.07) is 24.3. The third kappa shape index (κ3) is 3.91. The minimum Gasteiger partial charge on any atom is -0.252 e. The summed E-state index contributed by atoms with van der Waals surface area (Å²) in [5, 5.41) is 2.72. The van der Waals surface area contributed by atoms with E-state index in [1.807, 2.05) is 0 Å². The van der Waals surface area contributed by atoms with E-state index in [0.29, 0.717) is 0 Å². The Morgan fingerprint density at radius 1 is 0.750 bits per heavy atom. The third-order valence-corrected chi connectivity index (χ3v) is 6.45. The molecule has 2 heteroatoms. The van der Waals surface area contributed by atoms with E-state index in [-0.39, 0.29) is 0 Å². The van der Waals surface area contributed by atoms with Gasteiger partial charge in [-0.2, -0.15) is 0 Å². The van der Waals surface area contributed by atoms with Gasteiger partial charge in [0.1, 0.15) is 0 Å². The Hall–Kier alpha value is -1.98. The van der Waals surface area contributed by atoms with Gasteiger partial charge in [0.15, 0.2) is 0 Å². The molecule has 0 fully saturated rings. The van der Waals surface area contributed by atoms with Crippen molar-refractivity contribution in [3.8, 4) is 0 Å². The van der Waals surface area contributed by atoms with Crippen LogP contribution >= 0.6 is 7.92 Å². The summed E-state index contributed by atoms with van der Waals surface area (Å²) in [7, 11) is -0.609. The molecule has 0 bridgehead atoms. The standard InChI is InChI=1S/C22H24NP/c1-4-6-19-7-5-8-22(23-19)24(20-13-9-17(2)10-14-20)21-15-11-18(3)12-16-21/h5,7-16H,4,6H2,1-3H3. The second-order valence-electron chi connectivity index (χ2n) is 6.24. The molecule has 0 aliphatic carbocycles. The van der Waals surface area contributed by atoms with Gasteiger partial charge in [0.25, 0.3) is 0 Å². The van der Waals surface area contributed by atoms with Crippen LogP contribution in [0.1, 0.15) is 30.2 Å². The topological polar surface area (TPSA) is 12.9 Å². The molecule has 122 valence electrons. The van der Waals surface area contributed by atoms with E-state index in [1.165, 1.54) is 32.9 Å². The van der Waals surface area contributed by atoms with Crippen LogP contribution in [0, 0.1) is 13.8 Å². The van der Waals surface area contributed by atoms with Crippen LogP contribution in [-0.4, -0.2) is 4.98 Å². The Labute approximate surface area is 146 Å². The summed E-state index contributed by atoms with van der Waals surface area (Å²) in [6.07, 6.45) is 2.17. The normalized spacial score (nSPS) is 11.0. The first kappa shape index (κ1) is 16.9. The molecule has 0 aliphatic heterocycles. The number of benzene rings is 2. The SMILES string of the molecule is CCCc1cccc(P(c2ccc(C)cc2)c2ccc(C)cc2)n1. The van der Waals surface area contributed by atoms with Crippen molar-refractivity contribution in [3.05, 3.63) is 83.6 Å². The maximum atomic E-state index is 4.99. The number of aromatic nitrogens is 1. The molecule has 1 nitrogen and oxygen atoms in total. The molecule has 1 heterocycles. The van der Waals surface area contributed by atoms with E-state index in [4.69, 9.17) is 4.98 Å². The Balaban J connectivity index is 2.09. The maximum absolute atomic E-state index is 4.99. The van der Waals surface area contributed by atoms with Crippen molar-refractivity contribution in [1.29, 1.82) is 0 Å². The minimum atomic E-state index is -0.609. The molecule has 3 rings (SSSR count). The van der Waals surface area contributed by atoms with Gasteiger partial charge >= 0.3 is 0 Å². The van der Waals surface area contributed by atoms with Gasteiger partial charge in [0, 0.05) is 13.6 Å². The van der Waals surface area contributed by atoms with Crippen LogP contribution in [0.3, 0.4) is 0 Å². The van der Waals surface area contributed by atoms with E-state index in [1.54, 1.807) is 0 Å². The number of pyridine rings is 1. The summed E-state index contributed by atoms with van der Waals surface area (Å²) in [5.74, 6) is 0. The molecule has 0 saturated heterocycles. The Kier molecular flexibility index (Phi) is 5.43. The fourth-order valence-corrected chi connectivity index (χ4v) is 4.97. The van der Waals surface area contributed by atoms with Gasteiger partial charge in [-0.15, -0.1) is 0 Å². The first-order valence-corrected chi connectivity index (χ1v) is 9.91. The smallest absolute Gasteiger partial charge is 0.0724 e. The van der Waals surface area contributed by atoms with E-state index in [0.717, 1.165) is 12.8 Å². The minimum absolute atomic E-state index is 0.609. The van der Waals surface area contributed by atoms with Crippen LogP contribution < -0.4 is 16.0 Å². The van der Waals surface area contributed by atoms with Crippen LogP contribution in [0.4, 0.5) is 0 Å². The third-order valence-electron chi connectivity index (χ3n) is 4.11. The van der Waals surface area contributed by atoms with Crippen LogP contribution in [0.25, 0.3) is 0 Å². The van der Waals surface area contributed by atoms with Gasteiger partial charge in [-0.3, -0.25) is 4.98 Å². The van der Waals surface area contributed by atoms with Crippen LogP contribution in [0.15, 0.2) is 66.7 Å². The number of nitrogens with zero attached hydrogens (tertiary/aromatic N) is 1. The van der Waals surface area contributed by atoms with Crippen molar-refractivity contribution in [2.45, 2.75) is 33.6 Å². The first-order chi connectivity index (χ1) is 11.7. The predicted octanol–water partition coefficient (Wildman–Crippen LogP) is 4.41.